The van der Waals surface area contributed by atoms with Gasteiger partial charge in [0, 0.05) is 5.69 Å². The van der Waals surface area contributed by atoms with E-state index in [1.165, 1.54) is 30.5 Å². The Hall–Kier alpha value is -4.20. The van der Waals surface area contributed by atoms with Crippen molar-refractivity contribution in [1.82, 2.24) is 5.43 Å². The van der Waals surface area contributed by atoms with Crippen LogP contribution in [0.15, 0.2) is 71.8 Å². The molecule has 0 unspecified atom stereocenters. The molecular formula is C26H26FN3O4. The lowest BCUT2D eigenvalue weighted by atomic mass is 10.1. The number of aryl methyl sites for hydroxylation is 1. The second-order valence-corrected chi connectivity index (χ2v) is 7.44. The maximum Gasteiger partial charge on any atom is 0.249 e. The van der Waals surface area contributed by atoms with Crippen LogP contribution in [-0.4, -0.2) is 24.6 Å². The van der Waals surface area contributed by atoms with Gasteiger partial charge in [0.15, 0.2) is 11.5 Å². The summed E-state index contributed by atoms with van der Waals surface area (Å²) >= 11 is 0. The molecule has 0 saturated carbocycles. The standard InChI is InChI=1S/C26H26FN3O4/c1-3-33-24-14-19(7-12-23(24)34-17-20-6-4-5-18(2)13-20)16-28-30-26(32)15-25(31)29-22-10-8-21(27)9-11-22/h4-14,16H,3,15,17H2,1-2H3,(H,29,31)(H,30,32). The van der Waals surface area contributed by atoms with E-state index < -0.39 is 24.1 Å². The molecule has 2 amide bonds. The highest BCUT2D eigenvalue weighted by Gasteiger charge is 2.10. The van der Waals surface area contributed by atoms with Crippen LogP contribution in [0.5, 0.6) is 11.5 Å². The largest absolute Gasteiger partial charge is 0.490 e. The van der Waals surface area contributed by atoms with Crippen LogP contribution in [0.1, 0.15) is 30.0 Å². The van der Waals surface area contributed by atoms with Gasteiger partial charge in [0.1, 0.15) is 18.8 Å². The van der Waals surface area contributed by atoms with E-state index in [0.717, 1.165) is 11.1 Å². The van der Waals surface area contributed by atoms with Gasteiger partial charge in [-0.15, -0.1) is 0 Å². The number of rotatable bonds is 10. The molecule has 0 radical (unpaired) electrons. The third-order valence-electron chi connectivity index (χ3n) is 4.60. The van der Waals surface area contributed by atoms with Crippen molar-refractivity contribution < 1.29 is 23.5 Å². The molecule has 2 N–H and O–H groups in total. The summed E-state index contributed by atoms with van der Waals surface area (Å²) in [4.78, 5) is 23.9. The van der Waals surface area contributed by atoms with E-state index in [9.17, 15) is 14.0 Å². The summed E-state index contributed by atoms with van der Waals surface area (Å²) in [5, 5.41) is 6.41. The smallest absolute Gasteiger partial charge is 0.249 e. The van der Waals surface area contributed by atoms with Crippen LogP contribution in [0.25, 0.3) is 0 Å². The minimum Gasteiger partial charge on any atom is -0.490 e. The van der Waals surface area contributed by atoms with E-state index in [1.807, 2.05) is 32.0 Å². The van der Waals surface area contributed by atoms with Gasteiger partial charge < -0.3 is 14.8 Å². The van der Waals surface area contributed by atoms with Crippen LogP contribution in [0.2, 0.25) is 0 Å². The molecule has 3 aromatic rings. The molecule has 0 aliphatic rings. The highest BCUT2D eigenvalue weighted by atomic mass is 19.1. The first-order chi connectivity index (χ1) is 16.4. The lowest BCUT2D eigenvalue weighted by Crippen LogP contribution is -2.24. The van der Waals surface area contributed by atoms with Crippen molar-refractivity contribution in [2.75, 3.05) is 11.9 Å². The van der Waals surface area contributed by atoms with Crippen molar-refractivity contribution in [3.63, 3.8) is 0 Å². The molecule has 0 aromatic heterocycles. The molecule has 0 heterocycles. The highest BCUT2D eigenvalue weighted by molar-refractivity contribution is 6.03. The van der Waals surface area contributed by atoms with Gasteiger partial charge in [-0.25, -0.2) is 9.82 Å². The third-order valence-corrected chi connectivity index (χ3v) is 4.60. The Labute approximate surface area is 197 Å². The highest BCUT2D eigenvalue weighted by Crippen LogP contribution is 2.29. The molecule has 0 atom stereocenters. The van der Waals surface area contributed by atoms with Crippen molar-refractivity contribution in [2.24, 2.45) is 5.10 Å². The van der Waals surface area contributed by atoms with E-state index >= 15 is 0 Å². The van der Waals surface area contributed by atoms with Crippen LogP contribution >= 0.6 is 0 Å². The first-order valence-corrected chi connectivity index (χ1v) is 10.8. The molecule has 0 spiro atoms. The SMILES string of the molecule is CCOc1cc(C=NNC(=O)CC(=O)Nc2ccc(F)cc2)ccc1OCc1cccc(C)c1. The number of hydrazone groups is 1. The summed E-state index contributed by atoms with van der Waals surface area (Å²) in [5.74, 6) is -0.374. The predicted molar refractivity (Wildman–Crippen MR) is 129 cm³/mol. The zero-order chi connectivity index (χ0) is 24.3. The third kappa shape index (κ3) is 7.74. The predicted octanol–water partition coefficient (Wildman–Crippen LogP) is 4.59. The zero-order valence-corrected chi connectivity index (χ0v) is 19.0. The molecule has 176 valence electrons. The van der Waals surface area contributed by atoms with Gasteiger partial charge in [0.2, 0.25) is 11.8 Å². The molecule has 0 aliphatic heterocycles. The monoisotopic (exact) mass is 463 g/mol. The quantitative estimate of drug-likeness (QED) is 0.261. The number of hydrogen-bond donors (Lipinski definition) is 2. The first-order valence-electron chi connectivity index (χ1n) is 10.8. The minimum atomic E-state index is -0.584. The van der Waals surface area contributed by atoms with Gasteiger partial charge in [0.25, 0.3) is 0 Å². The normalized spacial score (nSPS) is 10.7. The number of anilines is 1. The lowest BCUT2D eigenvalue weighted by molar-refractivity contribution is -0.126. The lowest BCUT2D eigenvalue weighted by Gasteiger charge is -2.13. The molecule has 0 bridgehead atoms. The van der Waals surface area contributed by atoms with Crippen molar-refractivity contribution in [3.8, 4) is 11.5 Å². The molecule has 8 heteroatoms. The molecule has 0 saturated heterocycles. The Morgan fingerprint density at radius 2 is 1.76 bits per heavy atom. The van der Waals surface area contributed by atoms with Crippen LogP contribution in [-0.2, 0) is 16.2 Å². The average molecular weight is 464 g/mol. The Morgan fingerprint density at radius 1 is 0.971 bits per heavy atom. The van der Waals surface area contributed by atoms with Crippen molar-refractivity contribution in [2.45, 2.75) is 26.9 Å². The second-order valence-electron chi connectivity index (χ2n) is 7.44. The Bertz CT molecular complexity index is 1160. The van der Waals surface area contributed by atoms with E-state index in [2.05, 4.69) is 21.9 Å². The number of carbonyl (C=O) groups excluding carboxylic acids is 2. The number of nitrogens with one attached hydrogen (secondary N) is 2. The van der Waals surface area contributed by atoms with Crippen molar-refractivity contribution in [3.05, 3.63) is 89.2 Å². The molecule has 3 rings (SSSR count). The van der Waals surface area contributed by atoms with Gasteiger partial charge in [-0.3, -0.25) is 9.59 Å². The Kier molecular flexibility index (Phi) is 8.73. The molecule has 3 aromatic carbocycles. The summed E-state index contributed by atoms with van der Waals surface area (Å²) < 4.78 is 24.5. The Morgan fingerprint density at radius 3 is 2.50 bits per heavy atom. The average Bonchev–Trinajstić information content (AvgIpc) is 2.80. The van der Waals surface area contributed by atoms with Gasteiger partial charge in [-0.05, 0) is 67.4 Å². The summed E-state index contributed by atoms with van der Waals surface area (Å²) in [6.07, 6.45) is 1.02. The van der Waals surface area contributed by atoms with E-state index in [0.29, 0.717) is 36.0 Å². The fourth-order valence-corrected chi connectivity index (χ4v) is 3.06. The van der Waals surface area contributed by atoms with Gasteiger partial charge >= 0.3 is 0 Å². The first kappa shape index (κ1) is 24.4. The number of amides is 2. The van der Waals surface area contributed by atoms with Crippen LogP contribution in [0.4, 0.5) is 10.1 Å². The van der Waals surface area contributed by atoms with Gasteiger partial charge in [0.05, 0.1) is 12.8 Å². The van der Waals surface area contributed by atoms with Gasteiger partial charge in [-0.2, -0.15) is 5.10 Å². The number of carbonyl (C=O) groups is 2. The maximum atomic E-state index is 12.9. The topological polar surface area (TPSA) is 89.0 Å². The fraction of sp³-hybridized carbons (Fsp3) is 0.192. The summed E-state index contributed by atoms with van der Waals surface area (Å²) in [6.45, 7) is 4.77. The summed E-state index contributed by atoms with van der Waals surface area (Å²) in [5.41, 5.74) is 5.61. The number of halogens is 1. The molecule has 0 fully saturated rings. The summed E-state index contributed by atoms with van der Waals surface area (Å²) in [7, 11) is 0. The number of nitrogens with zero attached hydrogens (tertiary/aromatic N) is 1. The van der Waals surface area contributed by atoms with E-state index in [-0.39, 0.29) is 0 Å². The minimum absolute atomic E-state index is 0.399. The van der Waals surface area contributed by atoms with Crippen LogP contribution in [0.3, 0.4) is 0 Å². The van der Waals surface area contributed by atoms with Crippen LogP contribution in [0, 0.1) is 12.7 Å². The molecule has 0 aliphatic carbocycles. The number of ether oxygens (including phenoxy) is 2. The van der Waals surface area contributed by atoms with Gasteiger partial charge in [-0.1, -0.05) is 29.8 Å². The second kappa shape index (κ2) is 12.2. The fourth-order valence-electron chi connectivity index (χ4n) is 3.06. The number of hydrogen-bond acceptors (Lipinski definition) is 5. The van der Waals surface area contributed by atoms with E-state index in [1.54, 1.807) is 18.2 Å². The van der Waals surface area contributed by atoms with Crippen LogP contribution < -0.4 is 20.2 Å². The number of benzene rings is 3. The molecule has 34 heavy (non-hydrogen) atoms. The summed E-state index contributed by atoms with van der Waals surface area (Å²) in [6, 6.07) is 18.6. The van der Waals surface area contributed by atoms with Crippen molar-refractivity contribution >= 4 is 23.7 Å². The maximum absolute atomic E-state index is 12.9. The Balaban J connectivity index is 1.53. The molecule has 7 nitrogen and oxygen atoms in total. The van der Waals surface area contributed by atoms with E-state index in [4.69, 9.17) is 9.47 Å². The zero-order valence-electron chi connectivity index (χ0n) is 19.0. The molecular weight excluding hydrogens is 437 g/mol. The van der Waals surface area contributed by atoms with Crippen molar-refractivity contribution in [1.29, 1.82) is 0 Å².